The van der Waals surface area contributed by atoms with E-state index in [0.29, 0.717) is 18.5 Å². The van der Waals surface area contributed by atoms with Crippen LogP contribution in [0.3, 0.4) is 0 Å². The first-order valence-corrected chi connectivity index (χ1v) is 6.73. The van der Waals surface area contributed by atoms with Crippen LogP contribution in [0.25, 0.3) is 0 Å². The van der Waals surface area contributed by atoms with Gasteiger partial charge in [0.2, 0.25) is 0 Å². The smallest absolute Gasteiger partial charge is 0.124 e. The molecule has 0 radical (unpaired) electrons. The number of aliphatic hydroxyl groups is 1. The average molecular weight is 278 g/mol. The van der Waals surface area contributed by atoms with Crippen LogP contribution in [0.2, 0.25) is 0 Å². The van der Waals surface area contributed by atoms with Crippen LogP contribution in [-0.4, -0.2) is 55.7 Å². The third-order valence-electron chi connectivity index (χ3n) is 2.81. The Morgan fingerprint density at radius 3 is 2.55 bits per heavy atom. The highest BCUT2D eigenvalue weighted by atomic mass is 19.1. The minimum Gasteiger partial charge on any atom is -0.395 e. The number of benzene rings is 1. The number of likely N-dealkylation sites (N-methyl/N-ethyl adjacent to an activating group) is 2. The van der Waals surface area contributed by atoms with Crippen molar-refractivity contribution in [2.75, 3.05) is 40.8 Å². The minimum atomic E-state index is -0.267. The highest BCUT2D eigenvalue weighted by molar-refractivity contribution is 5.37. The maximum absolute atomic E-state index is 13.6. The number of halogens is 1. The summed E-state index contributed by atoms with van der Waals surface area (Å²) in [5.41, 5.74) is 1.58. The Morgan fingerprint density at radius 2 is 1.90 bits per heavy atom. The van der Waals surface area contributed by atoms with E-state index in [-0.39, 0.29) is 12.4 Å². The Morgan fingerprint density at radius 1 is 1.15 bits per heavy atom. The van der Waals surface area contributed by atoms with Crippen LogP contribution in [0.15, 0.2) is 18.2 Å². The fourth-order valence-electron chi connectivity index (χ4n) is 1.80. The van der Waals surface area contributed by atoms with Crippen LogP contribution in [0.4, 0.5) is 4.39 Å². The Bertz CT molecular complexity index is 477. The van der Waals surface area contributed by atoms with Gasteiger partial charge >= 0.3 is 0 Å². The lowest BCUT2D eigenvalue weighted by atomic mass is 10.1. The molecule has 0 fully saturated rings. The Labute approximate surface area is 121 Å². The van der Waals surface area contributed by atoms with Crippen molar-refractivity contribution in [3.8, 4) is 11.8 Å². The third kappa shape index (κ3) is 6.67. The summed E-state index contributed by atoms with van der Waals surface area (Å²) in [5, 5.41) is 8.69. The molecule has 4 heteroatoms. The monoisotopic (exact) mass is 278 g/mol. The van der Waals surface area contributed by atoms with E-state index in [1.807, 2.05) is 27.2 Å². The molecule has 0 aromatic heterocycles. The van der Waals surface area contributed by atoms with Gasteiger partial charge in [-0.3, -0.25) is 0 Å². The van der Waals surface area contributed by atoms with Gasteiger partial charge in [-0.1, -0.05) is 11.8 Å². The number of hydrogen-bond acceptors (Lipinski definition) is 3. The summed E-state index contributed by atoms with van der Waals surface area (Å²) in [7, 11) is 6.08. The van der Waals surface area contributed by atoms with Gasteiger partial charge in [0, 0.05) is 31.6 Å². The van der Waals surface area contributed by atoms with Crippen LogP contribution in [0, 0.1) is 17.7 Å². The minimum absolute atomic E-state index is 0.0302. The van der Waals surface area contributed by atoms with Crippen molar-refractivity contribution < 1.29 is 9.50 Å². The van der Waals surface area contributed by atoms with Crippen molar-refractivity contribution in [1.82, 2.24) is 9.80 Å². The average Bonchev–Trinajstić information content (AvgIpc) is 2.36. The van der Waals surface area contributed by atoms with E-state index >= 15 is 0 Å². The highest BCUT2D eigenvalue weighted by Gasteiger charge is 2.04. The molecule has 1 rings (SSSR count). The molecule has 0 unspecified atom stereocenters. The SMILES string of the molecule is CN(C)CCN(C)Cc1cc(F)cc(C#CCCO)c1. The maximum Gasteiger partial charge on any atom is 0.124 e. The summed E-state index contributed by atoms with van der Waals surface area (Å²) in [5.74, 6) is 5.42. The predicted octanol–water partition coefficient (Wildman–Crippen LogP) is 1.55. The normalized spacial score (nSPS) is 10.8. The van der Waals surface area contributed by atoms with E-state index in [1.165, 1.54) is 6.07 Å². The van der Waals surface area contributed by atoms with E-state index in [1.54, 1.807) is 6.07 Å². The second-order valence-electron chi connectivity index (χ2n) is 5.16. The quantitative estimate of drug-likeness (QED) is 0.800. The van der Waals surface area contributed by atoms with Gasteiger partial charge in [0.15, 0.2) is 0 Å². The molecule has 0 heterocycles. The Balaban J connectivity index is 2.68. The van der Waals surface area contributed by atoms with E-state index in [0.717, 1.165) is 18.7 Å². The number of aliphatic hydroxyl groups excluding tert-OH is 1. The zero-order chi connectivity index (χ0) is 15.0. The van der Waals surface area contributed by atoms with Gasteiger partial charge in [-0.2, -0.15) is 0 Å². The third-order valence-corrected chi connectivity index (χ3v) is 2.81. The van der Waals surface area contributed by atoms with Crippen LogP contribution in [0.5, 0.6) is 0 Å². The van der Waals surface area contributed by atoms with E-state index in [4.69, 9.17) is 5.11 Å². The second kappa shape index (κ2) is 8.70. The number of hydrogen-bond donors (Lipinski definition) is 1. The maximum atomic E-state index is 13.6. The molecular weight excluding hydrogens is 255 g/mol. The molecule has 0 aliphatic rings. The molecule has 0 saturated carbocycles. The van der Waals surface area contributed by atoms with Crippen molar-refractivity contribution >= 4 is 0 Å². The summed E-state index contributed by atoms with van der Waals surface area (Å²) in [6.07, 6.45) is 0.411. The van der Waals surface area contributed by atoms with Crippen molar-refractivity contribution in [3.05, 3.63) is 35.1 Å². The lowest BCUT2D eigenvalue weighted by molar-refractivity contribution is 0.276. The molecule has 1 aromatic carbocycles. The molecule has 0 spiro atoms. The van der Waals surface area contributed by atoms with Gasteiger partial charge < -0.3 is 14.9 Å². The first-order chi connectivity index (χ1) is 9.51. The number of nitrogens with zero attached hydrogens (tertiary/aromatic N) is 2. The van der Waals surface area contributed by atoms with Gasteiger partial charge in [0.25, 0.3) is 0 Å². The van der Waals surface area contributed by atoms with Gasteiger partial charge in [0.1, 0.15) is 5.82 Å². The van der Waals surface area contributed by atoms with Crippen molar-refractivity contribution in [3.63, 3.8) is 0 Å². The zero-order valence-corrected chi connectivity index (χ0v) is 12.5. The standard InChI is InChI=1S/C16H23FN2O/c1-18(2)7-8-19(3)13-15-10-14(6-4-5-9-20)11-16(17)12-15/h10-12,20H,5,7-9,13H2,1-3H3. The second-order valence-corrected chi connectivity index (χ2v) is 5.16. The summed E-state index contributed by atoms with van der Waals surface area (Å²) >= 11 is 0. The molecule has 1 aromatic rings. The molecule has 0 atom stereocenters. The first-order valence-electron chi connectivity index (χ1n) is 6.73. The highest BCUT2D eigenvalue weighted by Crippen LogP contribution is 2.10. The molecule has 0 saturated heterocycles. The summed E-state index contributed by atoms with van der Waals surface area (Å²) in [6, 6.07) is 4.87. The van der Waals surface area contributed by atoms with Gasteiger partial charge in [-0.05, 0) is 44.9 Å². The van der Waals surface area contributed by atoms with Gasteiger partial charge in [0.05, 0.1) is 6.61 Å². The molecule has 20 heavy (non-hydrogen) atoms. The predicted molar refractivity (Wildman–Crippen MR) is 79.9 cm³/mol. The molecule has 3 nitrogen and oxygen atoms in total. The first kappa shape index (κ1) is 16.6. The number of rotatable bonds is 6. The van der Waals surface area contributed by atoms with Crippen LogP contribution < -0.4 is 0 Å². The Hall–Kier alpha value is -1.41. The van der Waals surface area contributed by atoms with Crippen LogP contribution in [0.1, 0.15) is 17.5 Å². The summed E-state index contributed by atoms with van der Waals surface area (Å²) in [6.45, 7) is 2.62. The van der Waals surface area contributed by atoms with Crippen LogP contribution >= 0.6 is 0 Å². The lowest BCUT2D eigenvalue weighted by Gasteiger charge is -2.19. The van der Waals surface area contributed by atoms with Gasteiger partial charge in [-0.25, -0.2) is 4.39 Å². The van der Waals surface area contributed by atoms with Crippen LogP contribution in [-0.2, 0) is 6.54 Å². The summed E-state index contributed by atoms with van der Waals surface area (Å²) in [4.78, 5) is 4.27. The van der Waals surface area contributed by atoms with E-state index in [2.05, 4.69) is 21.6 Å². The molecule has 0 bridgehead atoms. The fraction of sp³-hybridized carbons (Fsp3) is 0.500. The molecule has 1 N–H and O–H groups in total. The van der Waals surface area contributed by atoms with Crippen molar-refractivity contribution in [2.45, 2.75) is 13.0 Å². The van der Waals surface area contributed by atoms with E-state index in [9.17, 15) is 4.39 Å². The Kier molecular flexibility index (Phi) is 7.24. The molecule has 110 valence electrons. The molecular formula is C16H23FN2O. The zero-order valence-electron chi connectivity index (χ0n) is 12.5. The van der Waals surface area contributed by atoms with Crippen molar-refractivity contribution in [2.24, 2.45) is 0 Å². The topological polar surface area (TPSA) is 26.7 Å². The van der Waals surface area contributed by atoms with Gasteiger partial charge in [-0.15, -0.1) is 0 Å². The lowest BCUT2D eigenvalue weighted by Crippen LogP contribution is -2.28. The van der Waals surface area contributed by atoms with E-state index < -0.39 is 0 Å². The summed E-state index contributed by atoms with van der Waals surface area (Å²) < 4.78 is 13.6. The molecule has 0 amide bonds. The fourth-order valence-corrected chi connectivity index (χ4v) is 1.80. The molecule has 0 aliphatic carbocycles. The molecule has 0 aliphatic heterocycles. The van der Waals surface area contributed by atoms with Crippen molar-refractivity contribution in [1.29, 1.82) is 0 Å². The largest absolute Gasteiger partial charge is 0.395 e.